The number of nitrogens with two attached hydrogens (primary N) is 1. The molecule has 0 bridgehead atoms. The van der Waals surface area contributed by atoms with Crippen LogP contribution < -0.4 is 5.73 Å². The van der Waals surface area contributed by atoms with E-state index in [2.05, 4.69) is 11.0 Å². The average molecular weight is 357 g/mol. The Morgan fingerprint density at radius 3 is 2.46 bits per heavy atom. The summed E-state index contributed by atoms with van der Waals surface area (Å²) in [4.78, 5) is 28.8. The molecule has 26 heavy (non-hydrogen) atoms. The van der Waals surface area contributed by atoms with Crippen molar-refractivity contribution in [2.75, 3.05) is 19.6 Å². The number of rotatable bonds is 5. The number of piperidine rings is 1. The van der Waals surface area contributed by atoms with Crippen molar-refractivity contribution in [3.05, 3.63) is 35.4 Å². The van der Waals surface area contributed by atoms with Crippen LogP contribution in [0.5, 0.6) is 0 Å². The third-order valence-corrected chi connectivity index (χ3v) is 5.60. The molecule has 142 valence electrons. The van der Waals surface area contributed by atoms with Crippen molar-refractivity contribution in [1.82, 2.24) is 9.80 Å². The van der Waals surface area contributed by atoms with Gasteiger partial charge in [-0.15, -0.1) is 0 Å². The monoisotopic (exact) mass is 357 g/mol. The van der Waals surface area contributed by atoms with Crippen molar-refractivity contribution in [2.45, 2.75) is 64.0 Å². The molecular weight excluding hydrogens is 326 g/mol. The Hall–Kier alpha value is -1.88. The van der Waals surface area contributed by atoms with Crippen LogP contribution in [0.25, 0.3) is 0 Å². The smallest absolute Gasteiger partial charge is 0.254 e. The lowest BCUT2D eigenvalue weighted by atomic mass is 9.97. The summed E-state index contributed by atoms with van der Waals surface area (Å²) in [6.45, 7) is 3.91. The van der Waals surface area contributed by atoms with Crippen molar-refractivity contribution in [3.63, 3.8) is 0 Å². The second kappa shape index (κ2) is 9.17. The van der Waals surface area contributed by atoms with Gasteiger partial charge in [-0.3, -0.25) is 14.5 Å². The quantitative estimate of drug-likeness (QED) is 0.881. The van der Waals surface area contributed by atoms with Crippen LogP contribution in [0.4, 0.5) is 0 Å². The third-order valence-electron chi connectivity index (χ3n) is 5.60. The number of carbonyl (C=O) groups excluding carboxylic acids is 2. The first-order valence-corrected chi connectivity index (χ1v) is 10.0. The summed E-state index contributed by atoms with van der Waals surface area (Å²) in [5.41, 5.74) is 7.31. The van der Waals surface area contributed by atoms with Crippen LogP contribution in [-0.2, 0) is 11.3 Å². The summed E-state index contributed by atoms with van der Waals surface area (Å²) in [5, 5.41) is 0. The predicted molar refractivity (Wildman–Crippen MR) is 103 cm³/mol. The van der Waals surface area contributed by atoms with Crippen LogP contribution in [0.1, 0.15) is 67.3 Å². The first-order valence-electron chi connectivity index (χ1n) is 10.0. The molecule has 5 nitrogen and oxygen atoms in total. The minimum Gasteiger partial charge on any atom is -0.370 e. The fourth-order valence-electron chi connectivity index (χ4n) is 4.23. The lowest BCUT2D eigenvalue weighted by Crippen LogP contribution is -2.45. The summed E-state index contributed by atoms with van der Waals surface area (Å²) >= 11 is 0. The zero-order valence-corrected chi connectivity index (χ0v) is 15.7. The second-order valence-corrected chi connectivity index (χ2v) is 7.71. The van der Waals surface area contributed by atoms with Crippen molar-refractivity contribution in [3.8, 4) is 0 Å². The van der Waals surface area contributed by atoms with Crippen LogP contribution >= 0.6 is 0 Å². The molecule has 1 atom stereocenters. The highest BCUT2D eigenvalue weighted by atomic mass is 16.2. The average Bonchev–Trinajstić information content (AvgIpc) is 2.90. The maximum absolute atomic E-state index is 13.1. The largest absolute Gasteiger partial charge is 0.370 e. The van der Waals surface area contributed by atoms with E-state index in [4.69, 9.17) is 5.73 Å². The van der Waals surface area contributed by atoms with E-state index in [0.29, 0.717) is 6.54 Å². The molecule has 0 radical (unpaired) electrons. The molecule has 0 aliphatic carbocycles. The van der Waals surface area contributed by atoms with E-state index >= 15 is 0 Å². The Balaban J connectivity index is 1.69. The zero-order valence-electron chi connectivity index (χ0n) is 15.7. The Morgan fingerprint density at radius 2 is 1.73 bits per heavy atom. The van der Waals surface area contributed by atoms with Gasteiger partial charge < -0.3 is 10.6 Å². The maximum atomic E-state index is 13.1. The maximum Gasteiger partial charge on any atom is 0.254 e. The van der Waals surface area contributed by atoms with E-state index in [9.17, 15) is 9.59 Å². The number of hydrogen-bond donors (Lipinski definition) is 1. The molecule has 2 aliphatic heterocycles. The summed E-state index contributed by atoms with van der Waals surface area (Å²) in [7, 11) is 0. The summed E-state index contributed by atoms with van der Waals surface area (Å²) in [6.07, 6.45) is 8.35. The number of primary amides is 1. The van der Waals surface area contributed by atoms with Gasteiger partial charge >= 0.3 is 0 Å². The van der Waals surface area contributed by atoms with Crippen molar-refractivity contribution >= 4 is 11.8 Å². The summed E-state index contributed by atoms with van der Waals surface area (Å²) in [6, 6.07) is 7.96. The fraction of sp³-hybridized carbons (Fsp3) is 0.619. The highest BCUT2D eigenvalue weighted by Gasteiger charge is 2.28. The van der Waals surface area contributed by atoms with E-state index in [1.807, 2.05) is 23.1 Å². The first-order chi connectivity index (χ1) is 12.6. The van der Waals surface area contributed by atoms with Gasteiger partial charge in [0.25, 0.3) is 5.91 Å². The molecule has 5 heteroatoms. The predicted octanol–water partition coefficient (Wildman–Crippen LogP) is 2.93. The number of nitrogens with zero attached hydrogens (tertiary/aromatic N) is 2. The van der Waals surface area contributed by atoms with Crippen LogP contribution in [0.2, 0.25) is 0 Å². The van der Waals surface area contributed by atoms with Gasteiger partial charge in [-0.2, -0.15) is 0 Å². The van der Waals surface area contributed by atoms with Gasteiger partial charge in [-0.05, 0) is 62.9 Å². The molecule has 2 amide bonds. The third kappa shape index (κ3) is 5.07. The molecule has 3 rings (SSSR count). The van der Waals surface area contributed by atoms with Crippen LogP contribution in [0.15, 0.2) is 24.3 Å². The number of amides is 2. The van der Waals surface area contributed by atoms with Gasteiger partial charge in [-0.25, -0.2) is 0 Å². The van der Waals surface area contributed by atoms with Crippen molar-refractivity contribution < 1.29 is 9.59 Å². The second-order valence-electron chi connectivity index (χ2n) is 7.71. The van der Waals surface area contributed by atoms with Crippen LogP contribution in [0.3, 0.4) is 0 Å². The van der Waals surface area contributed by atoms with E-state index in [-0.39, 0.29) is 24.3 Å². The van der Waals surface area contributed by atoms with Crippen molar-refractivity contribution in [1.29, 1.82) is 0 Å². The fourth-order valence-corrected chi connectivity index (χ4v) is 4.23. The Kier molecular flexibility index (Phi) is 6.67. The highest BCUT2D eigenvalue weighted by Crippen LogP contribution is 2.23. The minimum atomic E-state index is -0.329. The number of hydrogen-bond acceptors (Lipinski definition) is 3. The van der Waals surface area contributed by atoms with Crippen LogP contribution in [0, 0.1) is 0 Å². The molecule has 1 aromatic carbocycles. The van der Waals surface area contributed by atoms with Gasteiger partial charge in [0.15, 0.2) is 0 Å². The molecule has 0 aromatic heterocycles. The summed E-state index contributed by atoms with van der Waals surface area (Å²) in [5.74, 6) is -0.293. The molecule has 2 heterocycles. The molecule has 0 saturated carbocycles. The SMILES string of the molecule is NC(=O)CC1CCCCN1C(=O)c1cccc(CN2CCCCCC2)c1. The zero-order chi connectivity index (χ0) is 18.4. The van der Waals surface area contributed by atoms with E-state index in [0.717, 1.165) is 44.5 Å². The number of carbonyl (C=O) groups is 2. The van der Waals surface area contributed by atoms with Gasteiger partial charge in [0, 0.05) is 31.1 Å². The molecular formula is C21H31N3O2. The van der Waals surface area contributed by atoms with E-state index in [1.165, 1.54) is 31.2 Å². The van der Waals surface area contributed by atoms with Gasteiger partial charge in [0.1, 0.15) is 0 Å². The number of benzene rings is 1. The Bertz CT molecular complexity index is 623. The minimum absolute atomic E-state index is 0.0358. The molecule has 1 unspecified atom stereocenters. The van der Waals surface area contributed by atoms with E-state index in [1.54, 1.807) is 0 Å². The standard InChI is InChI=1S/C21H31N3O2/c22-20(25)15-19-10-3-6-13-24(19)21(26)18-9-7-8-17(14-18)16-23-11-4-1-2-5-12-23/h7-9,14,19H,1-6,10-13,15-16H2,(H2,22,25). The molecule has 2 fully saturated rings. The Labute approximate surface area is 156 Å². The molecule has 2 aliphatic rings. The summed E-state index contributed by atoms with van der Waals surface area (Å²) < 4.78 is 0. The van der Waals surface area contributed by atoms with Crippen molar-refractivity contribution in [2.24, 2.45) is 5.73 Å². The lowest BCUT2D eigenvalue weighted by molar-refractivity contribution is -0.119. The van der Waals surface area contributed by atoms with Gasteiger partial charge in [0.2, 0.25) is 5.91 Å². The molecule has 1 aromatic rings. The lowest BCUT2D eigenvalue weighted by Gasteiger charge is -2.35. The van der Waals surface area contributed by atoms with Gasteiger partial charge in [0.05, 0.1) is 0 Å². The highest BCUT2D eigenvalue weighted by molar-refractivity contribution is 5.95. The Morgan fingerprint density at radius 1 is 1.00 bits per heavy atom. The van der Waals surface area contributed by atoms with Gasteiger partial charge in [-0.1, -0.05) is 25.0 Å². The molecule has 2 saturated heterocycles. The molecule has 0 spiro atoms. The van der Waals surface area contributed by atoms with E-state index < -0.39 is 0 Å². The first kappa shape index (κ1) is 18.9. The van der Waals surface area contributed by atoms with Crippen LogP contribution in [-0.4, -0.2) is 47.3 Å². The topological polar surface area (TPSA) is 66.6 Å². The normalized spacial score (nSPS) is 22.0. The number of likely N-dealkylation sites (tertiary alicyclic amines) is 2. The molecule has 2 N–H and O–H groups in total.